The number of carboxylic acids is 1. The maximum Gasteiger partial charge on any atom is 0.329 e. The smallest absolute Gasteiger partial charge is 0.329 e. The molecule has 0 aliphatic heterocycles. The molecule has 0 aliphatic rings. The summed E-state index contributed by atoms with van der Waals surface area (Å²) in [5.74, 6) is -1.22. The van der Waals surface area contributed by atoms with Crippen molar-refractivity contribution in [1.82, 2.24) is 0 Å². The maximum atomic E-state index is 9.65. The summed E-state index contributed by atoms with van der Waals surface area (Å²) < 4.78 is 0. The van der Waals surface area contributed by atoms with E-state index >= 15 is 0 Å². The summed E-state index contributed by atoms with van der Waals surface area (Å²) in [5.41, 5.74) is 0. The highest BCUT2D eigenvalue weighted by molar-refractivity contribution is 6.39. The van der Waals surface area contributed by atoms with Crippen molar-refractivity contribution in [3.8, 4) is 0 Å². The Morgan fingerprint density at radius 1 is 1.62 bits per heavy atom. The molecule has 0 spiro atoms. The van der Waals surface area contributed by atoms with Crippen molar-refractivity contribution < 1.29 is 14.7 Å². The quantitative estimate of drug-likeness (QED) is 0.439. The minimum Gasteiger partial charge on any atom is -0.478 e. The van der Waals surface area contributed by atoms with Crippen molar-refractivity contribution in [2.45, 2.75) is 0 Å². The molecule has 0 aliphatic carbocycles. The van der Waals surface area contributed by atoms with Crippen LogP contribution in [0.5, 0.6) is 0 Å². The number of carbonyl (C=O) groups excluding carboxylic acids is 1. The van der Waals surface area contributed by atoms with Gasteiger partial charge in [-0.05, 0) is 0 Å². The highest BCUT2D eigenvalue weighted by Crippen LogP contribution is 1.93. The summed E-state index contributed by atoms with van der Waals surface area (Å²) in [6.45, 7) is 0. The van der Waals surface area contributed by atoms with E-state index in [0.717, 1.165) is 0 Å². The molecule has 0 atom stereocenters. The topological polar surface area (TPSA) is 54.4 Å². The molecular weight excluding hydrogens is 131 g/mol. The Hall–Kier alpha value is -0.830. The number of rotatable bonds is 2. The zero-order chi connectivity index (χ0) is 6.57. The van der Waals surface area contributed by atoms with Crippen LogP contribution in [0.3, 0.4) is 0 Å². The van der Waals surface area contributed by atoms with E-state index < -0.39 is 5.97 Å². The van der Waals surface area contributed by atoms with Gasteiger partial charge in [0.05, 0.1) is 5.03 Å². The van der Waals surface area contributed by atoms with Crippen molar-refractivity contribution in [2.75, 3.05) is 0 Å². The molecule has 0 fully saturated rings. The first-order valence-electron chi connectivity index (χ1n) is 1.72. The Morgan fingerprint density at radius 3 is 2.25 bits per heavy atom. The van der Waals surface area contributed by atoms with E-state index in [0.29, 0.717) is 6.08 Å². The number of carbonyl (C=O) groups is 2. The Balaban J connectivity index is 3.94. The predicted octanol–water partition coefficient (Wildman–Crippen LogP) is 0.393. The number of halogens is 1. The van der Waals surface area contributed by atoms with Crippen LogP contribution in [0, 0.1) is 0 Å². The summed E-state index contributed by atoms with van der Waals surface area (Å²) >= 11 is 4.97. The van der Waals surface area contributed by atoms with Gasteiger partial charge in [0, 0.05) is 6.08 Å². The van der Waals surface area contributed by atoms with Crippen LogP contribution in [0.15, 0.2) is 11.1 Å². The molecule has 0 saturated carbocycles. The van der Waals surface area contributed by atoms with Crippen LogP contribution in [0.2, 0.25) is 0 Å². The van der Waals surface area contributed by atoms with E-state index in [1.54, 1.807) is 0 Å². The van der Waals surface area contributed by atoms with Gasteiger partial charge in [0.2, 0.25) is 0 Å². The standard InChI is InChI=1S/C4H3ClO3/c5-3(2-6)1-4(7)8/h1-2H,(H,7,8)/b3-1-. The summed E-state index contributed by atoms with van der Waals surface area (Å²) in [7, 11) is 0. The van der Waals surface area contributed by atoms with Gasteiger partial charge in [-0.2, -0.15) is 0 Å². The van der Waals surface area contributed by atoms with E-state index in [1.807, 2.05) is 0 Å². The Labute approximate surface area is 50.6 Å². The molecule has 1 N–H and O–H groups in total. The molecule has 0 aromatic rings. The molecule has 0 amide bonds. The van der Waals surface area contributed by atoms with E-state index in [1.165, 1.54) is 0 Å². The maximum absolute atomic E-state index is 9.65. The van der Waals surface area contributed by atoms with Gasteiger partial charge in [0.25, 0.3) is 0 Å². The van der Waals surface area contributed by atoms with Gasteiger partial charge in [0.1, 0.15) is 0 Å². The number of hydrogen-bond donors (Lipinski definition) is 1. The monoisotopic (exact) mass is 134 g/mol. The van der Waals surface area contributed by atoms with Gasteiger partial charge in [-0.3, -0.25) is 4.79 Å². The second-order valence-electron chi connectivity index (χ2n) is 0.985. The molecule has 0 radical (unpaired) electrons. The molecule has 0 aromatic carbocycles. The number of carboxylic acid groups (broad SMARTS) is 1. The van der Waals surface area contributed by atoms with E-state index in [-0.39, 0.29) is 11.3 Å². The van der Waals surface area contributed by atoms with Gasteiger partial charge in [0.15, 0.2) is 6.29 Å². The molecule has 3 nitrogen and oxygen atoms in total. The van der Waals surface area contributed by atoms with Gasteiger partial charge in [-0.25, -0.2) is 4.79 Å². The van der Waals surface area contributed by atoms with Crippen LogP contribution in [-0.4, -0.2) is 17.4 Å². The highest BCUT2D eigenvalue weighted by Gasteiger charge is 1.91. The Morgan fingerprint density at radius 2 is 2.12 bits per heavy atom. The average Bonchev–Trinajstić information content (AvgIpc) is 1.65. The average molecular weight is 135 g/mol. The molecule has 0 heterocycles. The SMILES string of the molecule is O=C/C(Cl)=C/C(=O)O. The molecule has 4 heteroatoms. The molecule has 0 rings (SSSR count). The van der Waals surface area contributed by atoms with Crippen molar-refractivity contribution in [2.24, 2.45) is 0 Å². The van der Waals surface area contributed by atoms with Gasteiger partial charge >= 0.3 is 5.97 Å². The second kappa shape index (κ2) is 3.21. The minimum absolute atomic E-state index is 0.260. The third-order valence-corrected chi connectivity index (χ3v) is 0.572. The van der Waals surface area contributed by atoms with E-state index in [4.69, 9.17) is 16.7 Å². The normalized spacial score (nSPS) is 10.9. The predicted molar refractivity (Wildman–Crippen MR) is 27.6 cm³/mol. The van der Waals surface area contributed by atoms with Crippen molar-refractivity contribution in [3.05, 3.63) is 11.1 Å². The van der Waals surface area contributed by atoms with Crippen molar-refractivity contribution in [3.63, 3.8) is 0 Å². The third kappa shape index (κ3) is 3.36. The lowest BCUT2D eigenvalue weighted by Crippen LogP contribution is -1.88. The van der Waals surface area contributed by atoms with Crippen molar-refractivity contribution in [1.29, 1.82) is 0 Å². The third-order valence-electron chi connectivity index (χ3n) is 0.374. The number of hydrogen-bond acceptors (Lipinski definition) is 2. The minimum atomic E-state index is -1.22. The van der Waals surface area contributed by atoms with E-state index in [2.05, 4.69) is 0 Å². The molecule has 0 bridgehead atoms. The van der Waals surface area contributed by atoms with Crippen LogP contribution in [-0.2, 0) is 9.59 Å². The summed E-state index contributed by atoms with van der Waals surface area (Å²) in [5, 5.41) is 7.59. The van der Waals surface area contributed by atoms with Crippen LogP contribution >= 0.6 is 11.6 Å². The van der Waals surface area contributed by atoms with E-state index in [9.17, 15) is 9.59 Å². The number of aliphatic carboxylic acids is 1. The van der Waals surface area contributed by atoms with Crippen LogP contribution in [0.25, 0.3) is 0 Å². The van der Waals surface area contributed by atoms with Crippen LogP contribution < -0.4 is 0 Å². The summed E-state index contributed by atoms with van der Waals surface area (Å²) in [4.78, 5) is 19.2. The van der Waals surface area contributed by atoms with Crippen LogP contribution in [0.4, 0.5) is 0 Å². The lowest BCUT2D eigenvalue weighted by atomic mass is 10.5. The first kappa shape index (κ1) is 7.17. The van der Waals surface area contributed by atoms with Crippen molar-refractivity contribution >= 4 is 23.9 Å². The zero-order valence-corrected chi connectivity index (χ0v) is 4.55. The fraction of sp³-hybridized carbons (Fsp3) is 0. The second-order valence-corrected chi connectivity index (χ2v) is 1.42. The number of allylic oxidation sites excluding steroid dienone is 1. The molecule has 0 unspecified atom stereocenters. The molecular formula is C4H3ClO3. The van der Waals surface area contributed by atoms with Gasteiger partial charge in [-0.15, -0.1) is 0 Å². The lowest BCUT2D eigenvalue weighted by Gasteiger charge is -1.76. The first-order chi connectivity index (χ1) is 3.66. The van der Waals surface area contributed by atoms with Gasteiger partial charge in [-0.1, -0.05) is 11.6 Å². The highest BCUT2D eigenvalue weighted by atomic mass is 35.5. The molecule has 8 heavy (non-hydrogen) atoms. The van der Waals surface area contributed by atoms with Crippen LogP contribution in [0.1, 0.15) is 0 Å². The molecule has 0 aromatic heterocycles. The van der Waals surface area contributed by atoms with Gasteiger partial charge < -0.3 is 5.11 Å². The summed E-state index contributed by atoms with van der Waals surface area (Å²) in [6.07, 6.45) is 0.879. The zero-order valence-electron chi connectivity index (χ0n) is 3.80. The first-order valence-corrected chi connectivity index (χ1v) is 2.10. The fourth-order valence-electron chi connectivity index (χ4n) is 0.152. The molecule has 44 valence electrons. The number of aldehydes is 1. The largest absolute Gasteiger partial charge is 0.478 e. The Kier molecular flexibility index (Phi) is 2.88. The summed E-state index contributed by atoms with van der Waals surface area (Å²) in [6, 6.07) is 0. The molecule has 0 saturated heterocycles. The lowest BCUT2D eigenvalue weighted by molar-refractivity contribution is -0.131. The fourth-order valence-corrected chi connectivity index (χ4v) is 0.245. The Bertz CT molecular complexity index is 138.